The van der Waals surface area contributed by atoms with Crippen molar-refractivity contribution in [1.29, 1.82) is 0 Å². The van der Waals surface area contributed by atoms with E-state index >= 15 is 0 Å². The minimum atomic E-state index is -0.454. The quantitative estimate of drug-likeness (QED) is 0.748. The molecule has 0 radical (unpaired) electrons. The predicted molar refractivity (Wildman–Crippen MR) is 108 cm³/mol. The molecule has 0 saturated carbocycles. The van der Waals surface area contributed by atoms with Gasteiger partial charge < -0.3 is 9.80 Å². The van der Waals surface area contributed by atoms with Gasteiger partial charge in [-0.1, -0.05) is 47.5 Å². The van der Waals surface area contributed by atoms with Crippen LogP contribution in [0.5, 0.6) is 0 Å². The Morgan fingerprint density at radius 2 is 1.81 bits per heavy atom. The largest absolute Gasteiger partial charge is 0.340 e. The third-order valence-corrected chi connectivity index (χ3v) is 5.39. The fourth-order valence-corrected chi connectivity index (χ4v) is 4.01. The van der Waals surface area contributed by atoms with Crippen LogP contribution in [0, 0.1) is 6.92 Å². The lowest BCUT2D eigenvalue weighted by atomic mass is 10.1. The number of likely N-dealkylation sites (N-methyl/N-ethyl adjacent to an activating group) is 1. The van der Waals surface area contributed by atoms with Gasteiger partial charge in [-0.25, -0.2) is 0 Å². The number of aryl methyl sites for hydroxylation is 1. The molecule has 1 fully saturated rings. The number of rotatable bonds is 4. The normalized spacial score (nSPS) is 16.4. The molecule has 1 heterocycles. The van der Waals surface area contributed by atoms with E-state index in [9.17, 15) is 9.59 Å². The van der Waals surface area contributed by atoms with Crippen LogP contribution < -0.4 is 0 Å². The second kappa shape index (κ2) is 8.32. The fourth-order valence-electron chi connectivity index (χ4n) is 3.48. The minimum absolute atomic E-state index is 0.0442. The zero-order valence-electron chi connectivity index (χ0n) is 15.4. The monoisotopic (exact) mass is 404 g/mol. The molecule has 4 nitrogen and oxygen atoms in total. The lowest BCUT2D eigenvalue weighted by molar-refractivity contribution is -0.134. The van der Waals surface area contributed by atoms with E-state index in [1.165, 1.54) is 0 Å². The second-order valence-electron chi connectivity index (χ2n) is 6.94. The standard InChI is InChI=1S/C21H22Cl2N2O2/c1-14-6-3-4-7-15(14)13-24(2)21(27)19-8-5-9-25(19)20(26)16-10-17(22)12-18(23)11-16/h3-4,6-7,10-12,19H,5,8-9,13H2,1-2H3. The summed E-state index contributed by atoms with van der Waals surface area (Å²) < 4.78 is 0. The predicted octanol–water partition coefficient (Wildman–Crippen LogP) is 4.57. The van der Waals surface area contributed by atoms with Crippen molar-refractivity contribution in [1.82, 2.24) is 9.80 Å². The molecule has 1 unspecified atom stereocenters. The van der Waals surface area contributed by atoms with Gasteiger partial charge in [0.25, 0.3) is 5.91 Å². The van der Waals surface area contributed by atoms with Gasteiger partial charge in [-0.2, -0.15) is 0 Å². The third kappa shape index (κ3) is 4.45. The average molecular weight is 405 g/mol. The zero-order chi connectivity index (χ0) is 19.6. The van der Waals surface area contributed by atoms with Gasteiger partial charge in [0.2, 0.25) is 5.91 Å². The van der Waals surface area contributed by atoms with Gasteiger partial charge in [-0.3, -0.25) is 9.59 Å². The van der Waals surface area contributed by atoms with Crippen LogP contribution in [0.1, 0.15) is 34.3 Å². The van der Waals surface area contributed by atoms with Gasteiger partial charge in [0.1, 0.15) is 6.04 Å². The molecule has 142 valence electrons. The number of nitrogens with zero attached hydrogens (tertiary/aromatic N) is 2. The average Bonchev–Trinajstić information content (AvgIpc) is 3.11. The molecule has 1 saturated heterocycles. The van der Waals surface area contributed by atoms with E-state index in [2.05, 4.69) is 0 Å². The summed E-state index contributed by atoms with van der Waals surface area (Å²) in [5, 5.41) is 0.814. The molecule has 27 heavy (non-hydrogen) atoms. The van der Waals surface area contributed by atoms with Crippen molar-refractivity contribution in [2.24, 2.45) is 0 Å². The van der Waals surface area contributed by atoms with Crippen molar-refractivity contribution in [2.45, 2.75) is 32.4 Å². The van der Waals surface area contributed by atoms with E-state index in [1.807, 2.05) is 31.2 Å². The number of halogens is 2. The molecule has 0 N–H and O–H groups in total. The molecule has 1 aliphatic rings. The number of benzene rings is 2. The summed E-state index contributed by atoms with van der Waals surface area (Å²) in [5.41, 5.74) is 2.66. The molecule has 1 atom stereocenters. The summed E-state index contributed by atoms with van der Waals surface area (Å²) in [4.78, 5) is 29.3. The van der Waals surface area contributed by atoms with Crippen molar-refractivity contribution in [3.05, 3.63) is 69.2 Å². The first-order valence-corrected chi connectivity index (χ1v) is 9.69. The van der Waals surface area contributed by atoms with Crippen LogP contribution in [0.4, 0.5) is 0 Å². The Hall–Kier alpha value is -2.04. The summed E-state index contributed by atoms with van der Waals surface area (Å²) in [7, 11) is 1.78. The first-order chi connectivity index (χ1) is 12.9. The highest BCUT2D eigenvalue weighted by molar-refractivity contribution is 6.35. The van der Waals surface area contributed by atoms with Gasteiger partial charge in [-0.15, -0.1) is 0 Å². The highest BCUT2D eigenvalue weighted by atomic mass is 35.5. The first kappa shape index (κ1) is 19.7. The smallest absolute Gasteiger partial charge is 0.254 e. The highest BCUT2D eigenvalue weighted by Gasteiger charge is 2.36. The topological polar surface area (TPSA) is 40.6 Å². The van der Waals surface area contributed by atoms with E-state index in [0.29, 0.717) is 35.1 Å². The van der Waals surface area contributed by atoms with Crippen molar-refractivity contribution in [3.63, 3.8) is 0 Å². The van der Waals surface area contributed by atoms with E-state index in [-0.39, 0.29) is 11.8 Å². The van der Waals surface area contributed by atoms with Gasteiger partial charge in [0.15, 0.2) is 0 Å². The van der Waals surface area contributed by atoms with E-state index < -0.39 is 6.04 Å². The molecule has 0 aliphatic carbocycles. The Labute approximate surface area is 169 Å². The summed E-state index contributed by atoms with van der Waals surface area (Å²) >= 11 is 12.1. The molecular formula is C21H22Cl2N2O2. The summed E-state index contributed by atoms with van der Waals surface area (Å²) in [6.07, 6.45) is 1.46. The molecule has 0 spiro atoms. The number of carbonyl (C=O) groups is 2. The first-order valence-electron chi connectivity index (χ1n) is 8.93. The number of hydrogen-bond donors (Lipinski definition) is 0. The van der Waals surface area contributed by atoms with E-state index in [1.54, 1.807) is 35.0 Å². The van der Waals surface area contributed by atoms with Crippen LogP contribution in [0.2, 0.25) is 10.0 Å². The van der Waals surface area contributed by atoms with Crippen LogP contribution >= 0.6 is 23.2 Å². The summed E-state index contributed by atoms with van der Waals surface area (Å²) in [6.45, 7) is 3.10. The van der Waals surface area contributed by atoms with E-state index in [0.717, 1.165) is 17.5 Å². The van der Waals surface area contributed by atoms with Gasteiger partial charge in [0.05, 0.1) is 0 Å². The SMILES string of the molecule is Cc1ccccc1CN(C)C(=O)C1CCCN1C(=O)c1cc(Cl)cc(Cl)c1. The van der Waals surface area contributed by atoms with Crippen molar-refractivity contribution in [2.75, 3.05) is 13.6 Å². The second-order valence-corrected chi connectivity index (χ2v) is 7.81. The maximum atomic E-state index is 13.0. The minimum Gasteiger partial charge on any atom is -0.340 e. The van der Waals surface area contributed by atoms with Crippen LogP contribution in [-0.4, -0.2) is 41.2 Å². The maximum absolute atomic E-state index is 13.0. The zero-order valence-corrected chi connectivity index (χ0v) is 16.9. The van der Waals surface area contributed by atoms with Crippen LogP contribution in [0.25, 0.3) is 0 Å². The van der Waals surface area contributed by atoms with Gasteiger partial charge in [0, 0.05) is 35.7 Å². The number of hydrogen-bond acceptors (Lipinski definition) is 2. The van der Waals surface area contributed by atoms with Crippen molar-refractivity contribution in [3.8, 4) is 0 Å². The third-order valence-electron chi connectivity index (χ3n) is 4.95. The summed E-state index contributed by atoms with van der Waals surface area (Å²) in [6, 6.07) is 12.3. The Balaban J connectivity index is 1.76. The molecule has 2 amide bonds. The molecule has 6 heteroatoms. The summed E-state index contributed by atoms with van der Waals surface area (Å²) in [5.74, 6) is -0.253. The Bertz CT molecular complexity index is 849. The van der Waals surface area contributed by atoms with Crippen molar-refractivity contribution < 1.29 is 9.59 Å². The Morgan fingerprint density at radius 3 is 2.48 bits per heavy atom. The van der Waals surface area contributed by atoms with Crippen LogP contribution in [0.15, 0.2) is 42.5 Å². The maximum Gasteiger partial charge on any atom is 0.254 e. The Kier molecular flexibility index (Phi) is 6.08. The molecule has 0 aromatic heterocycles. The molecule has 3 rings (SSSR count). The van der Waals surface area contributed by atoms with Gasteiger partial charge >= 0.3 is 0 Å². The van der Waals surface area contributed by atoms with E-state index in [4.69, 9.17) is 23.2 Å². The molecule has 0 bridgehead atoms. The highest BCUT2D eigenvalue weighted by Crippen LogP contribution is 2.25. The number of carbonyl (C=O) groups excluding carboxylic acids is 2. The lowest BCUT2D eigenvalue weighted by Crippen LogP contribution is -2.46. The van der Waals surface area contributed by atoms with Crippen LogP contribution in [0.3, 0.4) is 0 Å². The van der Waals surface area contributed by atoms with Gasteiger partial charge in [-0.05, 0) is 49.1 Å². The molecule has 1 aliphatic heterocycles. The molecule has 2 aromatic carbocycles. The fraction of sp³-hybridized carbons (Fsp3) is 0.333. The number of amides is 2. The number of likely N-dealkylation sites (tertiary alicyclic amines) is 1. The van der Waals surface area contributed by atoms with Crippen LogP contribution in [-0.2, 0) is 11.3 Å². The molecular weight excluding hydrogens is 383 g/mol. The molecule has 2 aromatic rings. The van der Waals surface area contributed by atoms with Crippen molar-refractivity contribution >= 4 is 35.0 Å². The Morgan fingerprint density at radius 1 is 1.15 bits per heavy atom. The lowest BCUT2D eigenvalue weighted by Gasteiger charge is -2.28.